The molecule has 3 aromatic rings. The van der Waals surface area contributed by atoms with Gasteiger partial charge >= 0.3 is 0 Å². The molecule has 0 radical (unpaired) electrons. The number of methoxy groups -OCH3 is 2. The highest BCUT2D eigenvalue weighted by atomic mass is 16.5. The van der Waals surface area contributed by atoms with E-state index in [2.05, 4.69) is 26.0 Å². The Labute approximate surface area is 149 Å². The lowest BCUT2D eigenvalue weighted by Crippen LogP contribution is -2.14. The first kappa shape index (κ1) is 17.2. The van der Waals surface area contributed by atoms with Gasteiger partial charge in [-0.3, -0.25) is 4.79 Å². The maximum atomic E-state index is 12.1. The molecule has 0 unspecified atom stereocenters. The first-order valence-electron chi connectivity index (χ1n) is 7.66. The zero-order chi connectivity index (χ0) is 18.5. The van der Waals surface area contributed by atoms with Crippen molar-refractivity contribution in [2.75, 3.05) is 24.9 Å². The largest absolute Gasteiger partial charge is 0.497 e. The van der Waals surface area contributed by atoms with Crippen molar-refractivity contribution in [3.05, 3.63) is 47.9 Å². The molecule has 1 amide bonds. The number of anilines is 3. The van der Waals surface area contributed by atoms with Crippen molar-refractivity contribution in [2.45, 2.75) is 6.92 Å². The zero-order valence-electron chi connectivity index (χ0n) is 14.4. The van der Waals surface area contributed by atoms with Gasteiger partial charge in [-0.2, -0.15) is 0 Å². The third-order valence-corrected chi connectivity index (χ3v) is 3.44. The number of aromatic nitrogens is 3. The second kappa shape index (κ2) is 7.51. The Bertz CT molecular complexity index is 908. The molecule has 0 aliphatic rings. The minimum absolute atomic E-state index is 0.147. The molecule has 9 nitrogen and oxygen atoms in total. The van der Waals surface area contributed by atoms with Crippen LogP contribution in [0.5, 0.6) is 11.5 Å². The predicted octanol–water partition coefficient (Wildman–Crippen LogP) is 2.79. The van der Waals surface area contributed by atoms with Crippen LogP contribution >= 0.6 is 0 Å². The van der Waals surface area contributed by atoms with Crippen molar-refractivity contribution in [3.8, 4) is 11.5 Å². The lowest BCUT2D eigenvalue weighted by Gasteiger charge is -2.11. The van der Waals surface area contributed by atoms with Crippen LogP contribution in [0.4, 0.5) is 17.3 Å². The number of carbonyl (C=O) groups is 1. The molecular weight excluding hydrogens is 338 g/mol. The van der Waals surface area contributed by atoms with Gasteiger partial charge in [-0.05, 0) is 31.2 Å². The van der Waals surface area contributed by atoms with Crippen LogP contribution in [0.15, 0.2) is 40.9 Å². The van der Waals surface area contributed by atoms with E-state index in [1.165, 1.54) is 0 Å². The number of ether oxygens (including phenoxy) is 2. The molecule has 0 bridgehead atoms. The fourth-order valence-electron chi connectivity index (χ4n) is 2.18. The molecule has 0 saturated carbocycles. The van der Waals surface area contributed by atoms with Gasteiger partial charge in [0.05, 0.1) is 19.9 Å². The molecule has 0 aliphatic heterocycles. The number of benzene rings is 1. The number of aryl methyl sites for hydroxylation is 1. The summed E-state index contributed by atoms with van der Waals surface area (Å²) in [5, 5.41) is 17.3. The third kappa shape index (κ3) is 3.89. The molecule has 2 N–H and O–H groups in total. The Morgan fingerprint density at radius 3 is 2.50 bits per heavy atom. The molecule has 3 rings (SSSR count). The van der Waals surface area contributed by atoms with Gasteiger partial charge in [-0.25, -0.2) is 0 Å². The van der Waals surface area contributed by atoms with Gasteiger partial charge in [0.1, 0.15) is 17.3 Å². The van der Waals surface area contributed by atoms with E-state index in [-0.39, 0.29) is 5.69 Å². The molecule has 0 saturated heterocycles. The minimum atomic E-state index is -0.434. The van der Waals surface area contributed by atoms with Crippen LogP contribution in [-0.4, -0.2) is 35.5 Å². The molecule has 0 spiro atoms. The summed E-state index contributed by atoms with van der Waals surface area (Å²) < 4.78 is 15.4. The van der Waals surface area contributed by atoms with Crippen molar-refractivity contribution in [2.24, 2.45) is 0 Å². The van der Waals surface area contributed by atoms with E-state index in [1.807, 2.05) is 0 Å². The maximum Gasteiger partial charge on any atom is 0.277 e. The van der Waals surface area contributed by atoms with E-state index in [4.69, 9.17) is 14.0 Å². The number of nitrogens with one attached hydrogen (secondary N) is 2. The highest BCUT2D eigenvalue weighted by Gasteiger charge is 2.12. The van der Waals surface area contributed by atoms with Gasteiger partial charge in [0.2, 0.25) is 0 Å². The predicted molar refractivity (Wildman–Crippen MR) is 94.1 cm³/mol. The first-order valence-corrected chi connectivity index (χ1v) is 7.66. The van der Waals surface area contributed by atoms with Gasteiger partial charge < -0.3 is 24.6 Å². The summed E-state index contributed by atoms with van der Waals surface area (Å²) in [6, 6.07) is 10.1. The van der Waals surface area contributed by atoms with E-state index in [1.54, 1.807) is 57.5 Å². The van der Waals surface area contributed by atoms with E-state index >= 15 is 0 Å². The molecule has 2 aromatic heterocycles. The van der Waals surface area contributed by atoms with Gasteiger partial charge in [0.15, 0.2) is 17.3 Å². The second-order valence-corrected chi connectivity index (χ2v) is 5.27. The highest BCUT2D eigenvalue weighted by Crippen LogP contribution is 2.30. The molecule has 1 aromatic carbocycles. The topological polar surface area (TPSA) is 111 Å². The van der Waals surface area contributed by atoms with Crippen molar-refractivity contribution in [3.63, 3.8) is 0 Å². The van der Waals surface area contributed by atoms with E-state index < -0.39 is 5.91 Å². The molecule has 9 heteroatoms. The molecule has 0 atom stereocenters. The van der Waals surface area contributed by atoms with Gasteiger partial charge in [-0.15, -0.1) is 10.2 Å². The van der Waals surface area contributed by atoms with Crippen molar-refractivity contribution in [1.29, 1.82) is 0 Å². The number of amides is 1. The van der Waals surface area contributed by atoms with Gasteiger partial charge in [0, 0.05) is 12.1 Å². The summed E-state index contributed by atoms with van der Waals surface area (Å²) in [7, 11) is 3.15. The van der Waals surface area contributed by atoms with Crippen LogP contribution in [0.25, 0.3) is 0 Å². The number of rotatable bonds is 6. The SMILES string of the molecule is COc1ccc(OC)c(Nc2ccc(C(=O)Nc3cc(C)on3)nn2)c1. The highest BCUT2D eigenvalue weighted by molar-refractivity contribution is 6.02. The normalized spacial score (nSPS) is 10.3. The van der Waals surface area contributed by atoms with Crippen LogP contribution in [0.1, 0.15) is 16.2 Å². The van der Waals surface area contributed by atoms with E-state index in [0.29, 0.717) is 34.6 Å². The lowest BCUT2D eigenvalue weighted by molar-refractivity contribution is 0.102. The summed E-state index contributed by atoms with van der Waals surface area (Å²) in [6.07, 6.45) is 0. The Morgan fingerprint density at radius 2 is 1.88 bits per heavy atom. The number of carbonyl (C=O) groups excluding carboxylic acids is 1. The summed E-state index contributed by atoms with van der Waals surface area (Å²) in [5.74, 6) is 2.22. The van der Waals surface area contributed by atoms with E-state index in [9.17, 15) is 4.79 Å². The first-order chi connectivity index (χ1) is 12.6. The Morgan fingerprint density at radius 1 is 1.04 bits per heavy atom. The Kier molecular flexibility index (Phi) is 4.97. The summed E-state index contributed by atoms with van der Waals surface area (Å²) in [4.78, 5) is 12.1. The maximum absolute atomic E-state index is 12.1. The molecule has 134 valence electrons. The second-order valence-electron chi connectivity index (χ2n) is 5.27. The fraction of sp³-hybridized carbons (Fsp3) is 0.176. The standard InChI is InChI=1S/C17H17N5O4/c1-10-8-16(22-26-10)19-17(23)12-5-7-15(21-20-12)18-13-9-11(24-2)4-6-14(13)25-3/h4-9H,1-3H3,(H,18,21)(H,19,22,23). The monoisotopic (exact) mass is 355 g/mol. The molecule has 2 heterocycles. The number of hydrogen-bond acceptors (Lipinski definition) is 8. The Balaban J connectivity index is 1.72. The van der Waals surface area contributed by atoms with Crippen LogP contribution in [-0.2, 0) is 0 Å². The van der Waals surface area contributed by atoms with Crippen LogP contribution in [0.3, 0.4) is 0 Å². The van der Waals surface area contributed by atoms with Crippen LogP contribution in [0, 0.1) is 6.92 Å². The Hall–Kier alpha value is -3.62. The third-order valence-electron chi connectivity index (χ3n) is 3.44. The summed E-state index contributed by atoms with van der Waals surface area (Å²) in [5.41, 5.74) is 0.810. The summed E-state index contributed by atoms with van der Waals surface area (Å²) >= 11 is 0. The smallest absolute Gasteiger partial charge is 0.277 e. The minimum Gasteiger partial charge on any atom is -0.497 e. The van der Waals surface area contributed by atoms with Crippen LogP contribution in [0.2, 0.25) is 0 Å². The molecule has 0 aliphatic carbocycles. The molecule has 0 fully saturated rings. The molecular formula is C17H17N5O4. The van der Waals surface area contributed by atoms with E-state index in [0.717, 1.165) is 0 Å². The fourth-order valence-corrected chi connectivity index (χ4v) is 2.18. The summed E-state index contributed by atoms with van der Waals surface area (Å²) in [6.45, 7) is 1.73. The average Bonchev–Trinajstić information content (AvgIpc) is 3.07. The van der Waals surface area contributed by atoms with Gasteiger partial charge in [0.25, 0.3) is 5.91 Å². The zero-order valence-corrected chi connectivity index (χ0v) is 14.4. The van der Waals surface area contributed by atoms with Crippen molar-refractivity contribution < 1.29 is 18.8 Å². The number of hydrogen-bond donors (Lipinski definition) is 2. The average molecular weight is 355 g/mol. The van der Waals surface area contributed by atoms with Crippen molar-refractivity contribution in [1.82, 2.24) is 15.4 Å². The van der Waals surface area contributed by atoms with Crippen molar-refractivity contribution >= 4 is 23.2 Å². The number of nitrogens with zero attached hydrogens (tertiary/aromatic N) is 3. The lowest BCUT2D eigenvalue weighted by atomic mass is 10.2. The van der Waals surface area contributed by atoms with Crippen LogP contribution < -0.4 is 20.1 Å². The van der Waals surface area contributed by atoms with Gasteiger partial charge in [-0.1, -0.05) is 5.16 Å². The quantitative estimate of drug-likeness (QED) is 0.694. The molecule has 26 heavy (non-hydrogen) atoms.